The van der Waals surface area contributed by atoms with Crippen molar-refractivity contribution in [1.29, 1.82) is 0 Å². The van der Waals surface area contributed by atoms with Crippen LogP contribution in [-0.4, -0.2) is 78.0 Å². The lowest BCUT2D eigenvalue weighted by molar-refractivity contribution is -0.116. The summed E-state index contributed by atoms with van der Waals surface area (Å²) < 4.78 is 5.16. The monoisotopic (exact) mass is 505 g/mol. The van der Waals surface area contributed by atoms with Crippen LogP contribution in [0.25, 0.3) is 0 Å². The first-order valence-electron chi connectivity index (χ1n) is 13.4. The number of hydrogen-bond acceptors (Lipinski definition) is 5. The van der Waals surface area contributed by atoms with E-state index < -0.39 is 0 Å². The number of amides is 3. The van der Waals surface area contributed by atoms with Crippen molar-refractivity contribution in [3.63, 3.8) is 0 Å². The second kappa shape index (κ2) is 10.3. The normalized spacial score (nSPS) is 26.0. The van der Waals surface area contributed by atoms with Crippen LogP contribution in [-0.2, 0) is 10.3 Å². The number of benzene rings is 1. The quantitative estimate of drug-likeness (QED) is 0.578. The molecule has 0 atom stereocenters. The molecule has 1 aromatic carbocycles. The Kier molecular flexibility index (Phi) is 7.12. The zero-order valence-electron chi connectivity index (χ0n) is 22.3. The Hall–Kier alpha value is -3.13. The minimum absolute atomic E-state index is 0.00595. The number of aromatic nitrogens is 1. The summed E-state index contributed by atoms with van der Waals surface area (Å²) >= 11 is 0. The summed E-state index contributed by atoms with van der Waals surface area (Å²) in [7, 11) is 5.88. The molecule has 0 radical (unpaired) electrons. The van der Waals surface area contributed by atoms with Gasteiger partial charge in [-0.1, -0.05) is 36.8 Å². The van der Waals surface area contributed by atoms with Crippen LogP contribution in [0.2, 0.25) is 0 Å². The van der Waals surface area contributed by atoms with Crippen molar-refractivity contribution in [3.8, 4) is 5.88 Å². The summed E-state index contributed by atoms with van der Waals surface area (Å²) in [4.78, 5) is 37.1. The minimum atomic E-state index is -0.221. The molecule has 8 heteroatoms. The lowest BCUT2D eigenvalue weighted by Crippen LogP contribution is -2.56. The Bertz CT molecular complexity index is 1110. The molecule has 2 aromatic rings. The molecule has 3 amide bonds. The molecule has 1 aromatic heterocycles. The molecule has 1 aliphatic heterocycles. The molecule has 2 heterocycles. The molecule has 2 saturated carbocycles. The van der Waals surface area contributed by atoms with Crippen molar-refractivity contribution in [2.45, 2.75) is 56.0 Å². The SMILES string of the molecule is COc1cc(NC(=O)CN2CC3(CCC(c4ccccc4)(N(C)C)CC3)N(CC3CCC3)C2=O)ccn1. The second-order valence-corrected chi connectivity index (χ2v) is 11.2. The van der Waals surface area contributed by atoms with Gasteiger partial charge in [0.15, 0.2) is 0 Å². The molecule has 2 aliphatic carbocycles. The predicted octanol–water partition coefficient (Wildman–Crippen LogP) is 4.34. The third-order valence-corrected chi connectivity index (χ3v) is 8.96. The zero-order chi connectivity index (χ0) is 26.0. The fourth-order valence-corrected chi connectivity index (χ4v) is 6.48. The van der Waals surface area contributed by atoms with Crippen LogP contribution in [0.1, 0.15) is 50.5 Å². The lowest BCUT2D eigenvalue weighted by atomic mass is 9.68. The van der Waals surface area contributed by atoms with Gasteiger partial charge in [-0.05, 0) is 70.2 Å². The number of urea groups is 1. The van der Waals surface area contributed by atoms with Gasteiger partial charge in [-0.25, -0.2) is 9.78 Å². The molecule has 8 nitrogen and oxygen atoms in total. The van der Waals surface area contributed by atoms with Crippen molar-refractivity contribution in [1.82, 2.24) is 19.7 Å². The van der Waals surface area contributed by atoms with Gasteiger partial charge < -0.3 is 19.9 Å². The van der Waals surface area contributed by atoms with Crippen molar-refractivity contribution in [2.24, 2.45) is 5.92 Å². The molecular weight excluding hydrogens is 466 g/mol. The van der Waals surface area contributed by atoms with Gasteiger partial charge in [-0.3, -0.25) is 9.69 Å². The van der Waals surface area contributed by atoms with Gasteiger partial charge in [0, 0.05) is 36.6 Å². The number of carbonyl (C=O) groups is 2. The van der Waals surface area contributed by atoms with E-state index in [1.54, 1.807) is 30.3 Å². The minimum Gasteiger partial charge on any atom is -0.481 e. The van der Waals surface area contributed by atoms with E-state index >= 15 is 0 Å². The molecule has 3 aliphatic rings. The highest BCUT2D eigenvalue weighted by atomic mass is 16.5. The van der Waals surface area contributed by atoms with Crippen LogP contribution in [0, 0.1) is 5.92 Å². The molecule has 1 spiro atoms. The second-order valence-electron chi connectivity index (χ2n) is 11.2. The fraction of sp³-hybridized carbons (Fsp3) is 0.552. The van der Waals surface area contributed by atoms with E-state index in [1.165, 1.54) is 24.8 Å². The van der Waals surface area contributed by atoms with Crippen LogP contribution < -0.4 is 10.1 Å². The maximum Gasteiger partial charge on any atom is 0.321 e. The molecular formula is C29H39N5O3. The van der Waals surface area contributed by atoms with Crippen molar-refractivity contribution >= 4 is 17.6 Å². The molecule has 198 valence electrons. The van der Waals surface area contributed by atoms with Gasteiger partial charge in [0.1, 0.15) is 6.54 Å². The number of nitrogens with one attached hydrogen (secondary N) is 1. The van der Waals surface area contributed by atoms with Gasteiger partial charge >= 0.3 is 6.03 Å². The number of methoxy groups -OCH3 is 1. The van der Waals surface area contributed by atoms with Gasteiger partial charge in [0.05, 0.1) is 12.6 Å². The molecule has 0 unspecified atom stereocenters. The summed E-state index contributed by atoms with van der Waals surface area (Å²) in [5, 5.41) is 2.90. The zero-order valence-corrected chi connectivity index (χ0v) is 22.3. The highest BCUT2D eigenvalue weighted by molar-refractivity contribution is 5.95. The molecule has 5 rings (SSSR count). The molecule has 37 heavy (non-hydrogen) atoms. The topological polar surface area (TPSA) is 78.0 Å². The number of hydrogen-bond donors (Lipinski definition) is 1. The Labute approximate surface area is 220 Å². The first-order valence-corrected chi connectivity index (χ1v) is 13.4. The number of nitrogens with zero attached hydrogens (tertiary/aromatic N) is 4. The highest BCUT2D eigenvalue weighted by Crippen LogP contribution is 2.49. The Balaban J connectivity index is 1.33. The largest absolute Gasteiger partial charge is 0.481 e. The average Bonchev–Trinajstić information content (AvgIpc) is 3.12. The fourth-order valence-electron chi connectivity index (χ4n) is 6.48. The Morgan fingerprint density at radius 2 is 1.86 bits per heavy atom. The number of anilines is 1. The van der Waals surface area contributed by atoms with E-state index in [-0.39, 0.29) is 29.6 Å². The van der Waals surface area contributed by atoms with E-state index in [9.17, 15) is 9.59 Å². The van der Waals surface area contributed by atoms with E-state index in [0.29, 0.717) is 24.0 Å². The van der Waals surface area contributed by atoms with E-state index in [0.717, 1.165) is 32.2 Å². The van der Waals surface area contributed by atoms with E-state index in [1.807, 2.05) is 0 Å². The number of pyridine rings is 1. The summed E-state index contributed by atoms with van der Waals surface area (Å²) in [6, 6.07) is 14.2. The van der Waals surface area contributed by atoms with Crippen LogP contribution in [0.4, 0.5) is 10.5 Å². The van der Waals surface area contributed by atoms with Crippen molar-refractivity contribution in [3.05, 3.63) is 54.2 Å². The summed E-state index contributed by atoms with van der Waals surface area (Å²) in [5.41, 5.74) is 1.69. The van der Waals surface area contributed by atoms with Crippen molar-refractivity contribution in [2.75, 3.05) is 46.2 Å². The van der Waals surface area contributed by atoms with Gasteiger partial charge in [0.25, 0.3) is 0 Å². The lowest BCUT2D eigenvalue weighted by Gasteiger charge is -2.51. The molecule has 1 N–H and O–H groups in total. The molecule has 0 bridgehead atoms. The number of rotatable bonds is 8. The summed E-state index contributed by atoms with van der Waals surface area (Å²) in [5.74, 6) is 0.809. The molecule has 3 fully saturated rings. The highest BCUT2D eigenvalue weighted by Gasteiger charge is 2.55. The Morgan fingerprint density at radius 1 is 1.14 bits per heavy atom. The van der Waals surface area contributed by atoms with Crippen LogP contribution >= 0.6 is 0 Å². The average molecular weight is 506 g/mol. The van der Waals surface area contributed by atoms with E-state index in [2.05, 4.69) is 64.5 Å². The Morgan fingerprint density at radius 3 is 2.49 bits per heavy atom. The van der Waals surface area contributed by atoms with Gasteiger partial charge in [0.2, 0.25) is 11.8 Å². The smallest absolute Gasteiger partial charge is 0.321 e. The third-order valence-electron chi connectivity index (χ3n) is 8.96. The maximum atomic E-state index is 13.7. The standard InChI is InChI=1S/C29H39N5O3/c1-32(2)29(23-10-5-4-6-11-23)15-13-28(14-16-29)21-33(27(36)34(28)19-22-8-7-9-22)20-25(35)31-24-12-17-30-26(18-24)37-3/h4-6,10-12,17-18,22H,7-9,13-16,19-21H2,1-3H3,(H,30,31,35). The maximum absolute atomic E-state index is 13.7. The van der Waals surface area contributed by atoms with E-state index in [4.69, 9.17) is 4.74 Å². The number of ether oxygens (including phenoxy) is 1. The van der Waals surface area contributed by atoms with Gasteiger partial charge in [-0.2, -0.15) is 0 Å². The van der Waals surface area contributed by atoms with Crippen LogP contribution in [0.5, 0.6) is 5.88 Å². The summed E-state index contributed by atoms with van der Waals surface area (Å²) in [6.45, 7) is 1.45. The van der Waals surface area contributed by atoms with Crippen molar-refractivity contribution < 1.29 is 14.3 Å². The van der Waals surface area contributed by atoms with Crippen LogP contribution in [0.15, 0.2) is 48.7 Å². The first kappa shape index (κ1) is 25.5. The van der Waals surface area contributed by atoms with Gasteiger partial charge in [-0.15, -0.1) is 0 Å². The molecule has 1 saturated heterocycles. The first-order chi connectivity index (χ1) is 17.8. The predicted molar refractivity (Wildman–Crippen MR) is 143 cm³/mol. The third kappa shape index (κ3) is 4.91. The van der Waals surface area contributed by atoms with Crippen LogP contribution in [0.3, 0.4) is 0 Å². The number of carbonyl (C=O) groups excluding carboxylic acids is 2. The summed E-state index contributed by atoms with van der Waals surface area (Å²) in [6.07, 6.45) is 9.04.